The number of carbonyl (C=O) groups is 1. The zero-order valence-corrected chi connectivity index (χ0v) is 10.6. The van der Waals surface area contributed by atoms with Crippen molar-refractivity contribution in [3.05, 3.63) is 17.2 Å². The Labute approximate surface area is 104 Å². The van der Waals surface area contributed by atoms with Crippen LogP contribution in [0.4, 0.5) is 0 Å². The molecule has 0 spiro atoms. The van der Waals surface area contributed by atoms with E-state index in [1.807, 2.05) is 11.6 Å². The van der Waals surface area contributed by atoms with Crippen molar-refractivity contribution in [2.24, 2.45) is 7.05 Å². The monoisotopic (exact) mass is 248 g/mol. The zero-order chi connectivity index (χ0) is 12.9. The molecule has 1 fully saturated rings. The van der Waals surface area contributed by atoms with Gasteiger partial charge in [-0.3, -0.25) is 4.57 Å². The Hall–Kier alpha value is -1.85. The molecule has 6 heteroatoms. The lowest BCUT2D eigenvalue weighted by Crippen LogP contribution is -2.05. The fraction of sp³-hybridized carbons (Fsp3) is 0.583. The lowest BCUT2D eigenvalue weighted by molar-refractivity contribution is 0.0690. The minimum absolute atomic E-state index is 0.0890. The quantitative estimate of drug-likeness (QED) is 0.878. The van der Waals surface area contributed by atoms with E-state index in [9.17, 15) is 4.79 Å². The van der Waals surface area contributed by atoms with Crippen LogP contribution in [0.1, 0.15) is 53.6 Å². The van der Waals surface area contributed by atoms with Crippen LogP contribution in [0.2, 0.25) is 0 Å². The van der Waals surface area contributed by atoms with Crippen molar-refractivity contribution in [1.82, 2.24) is 19.2 Å². The van der Waals surface area contributed by atoms with Gasteiger partial charge in [-0.15, -0.1) is 0 Å². The minimum atomic E-state index is -1.000. The van der Waals surface area contributed by atoms with E-state index in [4.69, 9.17) is 5.11 Å². The average Bonchev–Trinajstić information content (AvgIpc) is 2.98. The summed E-state index contributed by atoms with van der Waals surface area (Å²) in [4.78, 5) is 15.2. The van der Waals surface area contributed by atoms with Gasteiger partial charge in [-0.25, -0.2) is 14.3 Å². The van der Waals surface area contributed by atoms with Crippen LogP contribution in [0.25, 0.3) is 5.78 Å². The number of nitrogens with zero attached hydrogens (tertiary/aromatic N) is 4. The van der Waals surface area contributed by atoms with Gasteiger partial charge in [-0.1, -0.05) is 12.8 Å². The van der Waals surface area contributed by atoms with Crippen molar-refractivity contribution in [3.63, 3.8) is 0 Å². The van der Waals surface area contributed by atoms with E-state index in [-0.39, 0.29) is 5.69 Å². The zero-order valence-electron chi connectivity index (χ0n) is 10.6. The fourth-order valence-corrected chi connectivity index (χ4v) is 2.83. The van der Waals surface area contributed by atoms with Gasteiger partial charge in [-0.2, -0.15) is 5.10 Å². The lowest BCUT2D eigenvalue weighted by Gasteiger charge is -2.06. The van der Waals surface area contributed by atoms with Crippen LogP contribution >= 0.6 is 0 Å². The smallest absolute Gasteiger partial charge is 0.356 e. The summed E-state index contributed by atoms with van der Waals surface area (Å²) < 4.78 is 3.58. The van der Waals surface area contributed by atoms with E-state index in [1.54, 1.807) is 11.4 Å². The molecule has 2 heterocycles. The second-order valence-corrected chi connectivity index (χ2v) is 4.96. The van der Waals surface area contributed by atoms with Crippen LogP contribution in [-0.4, -0.2) is 30.2 Å². The first-order chi connectivity index (χ1) is 8.59. The average molecular weight is 248 g/mol. The molecule has 2 aromatic rings. The number of hydrogen-bond donors (Lipinski definition) is 1. The van der Waals surface area contributed by atoms with Crippen molar-refractivity contribution in [3.8, 4) is 0 Å². The normalized spacial score (nSPS) is 16.8. The predicted molar refractivity (Wildman–Crippen MR) is 64.9 cm³/mol. The van der Waals surface area contributed by atoms with Crippen molar-refractivity contribution >= 4 is 11.7 Å². The van der Waals surface area contributed by atoms with E-state index in [0.29, 0.717) is 17.4 Å². The Morgan fingerprint density at radius 2 is 2.06 bits per heavy atom. The second kappa shape index (κ2) is 3.83. The number of rotatable bonds is 2. The number of aromatic nitrogens is 4. The van der Waals surface area contributed by atoms with Crippen LogP contribution in [0, 0.1) is 6.92 Å². The Kier molecular flexibility index (Phi) is 2.39. The molecular formula is C12H16N4O2. The van der Waals surface area contributed by atoms with Crippen LogP contribution in [0.3, 0.4) is 0 Å². The molecule has 3 rings (SSSR count). The molecule has 96 valence electrons. The number of hydrogen-bond acceptors (Lipinski definition) is 3. The van der Waals surface area contributed by atoms with Gasteiger partial charge in [0.05, 0.1) is 5.69 Å². The van der Waals surface area contributed by atoms with E-state index >= 15 is 0 Å². The molecule has 1 aliphatic rings. The van der Waals surface area contributed by atoms with Crippen LogP contribution in [-0.2, 0) is 7.05 Å². The highest BCUT2D eigenvalue weighted by atomic mass is 16.4. The number of imidazole rings is 1. The first kappa shape index (κ1) is 11.3. The van der Waals surface area contributed by atoms with Crippen molar-refractivity contribution in [2.75, 3.05) is 0 Å². The van der Waals surface area contributed by atoms with Gasteiger partial charge >= 0.3 is 5.97 Å². The van der Waals surface area contributed by atoms with Crippen LogP contribution in [0.15, 0.2) is 0 Å². The Bertz CT molecular complexity index is 620. The molecule has 18 heavy (non-hydrogen) atoms. The summed E-state index contributed by atoms with van der Waals surface area (Å²) in [5.41, 5.74) is 0.684. The summed E-state index contributed by atoms with van der Waals surface area (Å²) in [5.74, 6) is 1.13. The molecule has 0 aliphatic heterocycles. The molecule has 0 radical (unpaired) electrons. The molecule has 2 aromatic heterocycles. The Morgan fingerprint density at radius 1 is 1.39 bits per heavy atom. The molecule has 1 aliphatic carbocycles. The van der Waals surface area contributed by atoms with Gasteiger partial charge in [0.25, 0.3) is 0 Å². The molecular weight excluding hydrogens is 232 g/mol. The van der Waals surface area contributed by atoms with Gasteiger partial charge < -0.3 is 5.11 Å². The third-order valence-electron chi connectivity index (χ3n) is 3.83. The lowest BCUT2D eigenvalue weighted by atomic mass is 10.1. The number of carboxylic acids is 1. The third-order valence-corrected chi connectivity index (χ3v) is 3.83. The van der Waals surface area contributed by atoms with E-state index in [2.05, 4.69) is 10.1 Å². The topological polar surface area (TPSA) is 72.4 Å². The molecule has 0 atom stereocenters. The standard InChI is InChI=1S/C12H16N4O2/c1-7-9(11(17)18)13-12-15(2)10(14-16(7)12)8-5-3-4-6-8/h8H,3-6H2,1-2H3,(H,17,18). The second-order valence-electron chi connectivity index (χ2n) is 4.96. The highest BCUT2D eigenvalue weighted by molar-refractivity contribution is 5.87. The van der Waals surface area contributed by atoms with Gasteiger partial charge in [0.15, 0.2) is 5.69 Å². The largest absolute Gasteiger partial charge is 0.476 e. The summed E-state index contributed by atoms with van der Waals surface area (Å²) in [6.07, 6.45) is 4.83. The highest BCUT2D eigenvalue weighted by Gasteiger charge is 2.26. The molecule has 6 nitrogen and oxygen atoms in total. The molecule has 0 saturated heterocycles. The highest BCUT2D eigenvalue weighted by Crippen LogP contribution is 2.33. The summed E-state index contributed by atoms with van der Waals surface area (Å²) in [6, 6.07) is 0. The van der Waals surface area contributed by atoms with Crippen LogP contribution < -0.4 is 0 Å². The van der Waals surface area contributed by atoms with Crippen molar-refractivity contribution in [1.29, 1.82) is 0 Å². The summed E-state index contributed by atoms with van der Waals surface area (Å²) in [6.45, 7) is 1.74. The maximum atomic E-state index is 11.0. The van der Waals surface area contributed by atoms with Gasteiger partial charge in [0.1, 0.15) is 5.82 Å². The molecule has 0 aromatic carbocycles. The Balaban J connectivity index is 2.15. The summed E-state index contributed by atoms with van der Waals surface area (Å²) >= 11 is 0. The summed E-state index contributed by atoms with van der Waals surface area (Å²) in [5, 5.41) is 13.6. The number of aromatic carboxylic acids is 1. The maximum Gasteiger partial charge on any atom is 0.356 e. The molecule has 0 amide bonds. The van der Waals surface area contributed by atoms with E-state index in [1.165, 1.54) is 25.7 Å². The fourth-order valence-electron chi connectivity index (χ4n) is 2.83. The van der Waals surface area contributed by atoms with E-state index < -0.39 is 5.97 Å². The SMILES string of the molecule is Cc1c(C(=O)O)nc2n(C)c(C3CCCC3)nn12. The first-order valence-electron chi connectivity index (χ1n) is 6.25. The predicted octanol–water partition coefficient (Wildman–Crippen LogP) is 1.73. The molecule has 0 unspecified atom stereocenters. The Morgan fingerprint density at radius 3 is 2.61 bits per heavy atom. The van der Waals surface area contributed by atoms with Gasteiger partial charge in [-0.05, 0) is 19.8 Å². The minimum Gasteiger partial charge on any atom is -0.476 e. The number of fused-ring (bicyclic) bond motifs is 1. The molecule has 1 N–H and O–H groups in total. The number of aryl methyl sites for hydroxylation is 2. The summed E-state index contributed by atoms with van der Waals surface area (Å²) in [7, 11) is 1.91. The maximum absolute atomic E-state index is 11.0. The van der Waals surface area contributed by atoms with Crippen LogP contribution in [0.5, 0.6) is 0 Å². The first-order valence-corrected chi connectivity index (χ1v) is 6.25. The van der Waals surface area contributed by atoms with Crippen molar-refractivity contribution in [2.45, 2.75) is 38.5 Å². The number of carboxylic acid groups (broad SMARTS) is 1. The third kappa shape index (κ3) is 1.45. The molecule has 1 saturated carbocycles. The van der Waals surface area contributed by atoms with Crippen molar-refractivity contribution < 1.29 is 9.90 Å². The van der Waals surface area contributed by atoms with E-state index in [0.717, 1.165) is 5.82 Å². The van der Waals surface area contributed by atoms with Gasteiger partial charge in [0, 0.05) is 13.0 Å². The van der Waals surface area contributed by atoms with Gasteiger partial charge in [0.2, 0.25) is 5.78 Å². The molecule has 0 bridgehead atoms.